The zero-order valence-corrected chi connectivity index (χ0v) is 18.6. The van der Waals surface area contributed by atoms with Gasteiger partial charge in [0.1, 0.15) is 17.2 Å². The maximum absolute atomic E-state index is 13.5. The lowest BCUT2D eigenvalue weighted by molar-refractivity contribution is 0.0715. The number of amides is 1. The summed E-state index contributed by atoms with van der Waals surface area (Å²) in [6, 6.07) is 13.7. The zero-order valence-electron chi connectivity index (χ0n) is 18.6. The van der Waals surface area contributed by atoms with E-state index in [1.807, 2.05) is 43.0 Å². The number of methoxy groups -OCH3 is 2. The fourth-order valence-corrected chi connectivity index (χ4v) is 4.07. The lowest BCUT2D eigenvalue weighted by atomic mass is 10.1. The summed E-state index contributed by atoms with van der Waals surface area (Å²) in [5.74, 6) is 1.38. The largest absolute Gasteiger partial charge is 0.497 e. The maximum Gasteiger partial charge on any atom is 0.272 e. The Hall–Kier alpha value is -3.28. The fourth-order valence-electron chi connectivity index (χ4n) is 4.07. The van der Waals surface area contributed by atoms with E-state index in [2.05, 4.69) is 18.2 Å². The number of aromatic nitrogens is 2. The molecule has 6 heteroatoms. The number of piperidine rings is 1. The third-order valence-corrected chi connectivity index (χ3v) is 5.85. The summed E-state index contributed by atoms with van der Waals surface area (Å²) in [6.07, 6.45) is 3.26. The Kier molecular flexibility index (Phi) is 5.98. The molecule has 3 aromatic rings. The summed E-state index contributed by atoms with van der Waals surface area (Å²) in [4.78, 5) is 15.4. The van der Waals surface area contributed by atoms with E-state index in [1.165, 1.54) is 6.42 Å². The Morgan fingerprint density at radius 3 is 2.42 bits per heavy atom. The van der Waals surface area contributed by atoms with Crippen LogP contribution in [0, 0.1) is 13.8 Å². The lowest BCUT2D eigenvalue weighted by Gasteiger charge is -2.26. The normalized spacial score (nSPS) is 13.9. The summed E-state index contributed by atoms with van der Waals surface area (Å²) < 4.78 is 12.7. The summed E-state index contributed by atoms with van der Waals surface area (Å²) in [5, 5.41) is 4.88. The number of aryl methyl sites for hydroxylation is 2. The third kappa shape index (κ3) is 4.15. The Morgan fingerprint density at radius 2 is 1.71 bits per heavy atom. The van der Waals surface area contributed by atoms with Crippen molar-refractivity contribution >= 4 is 5.91 Å². The van der Waals surface area contributed by atoms with Gasteiger partial charge in [0, 0.05) is 24.7 Å². The number of rotatable bonds is 5. The summed E-state index contributed by atoms with van der Waals surface area (Å²) >= 11 is 0. The van der Waals surface area contributed by atoms with Crippen LogP contribution in [0.3, 0.4) is 0 Å². The first-order chi connectivity index (χ1) is 15.0. The van der Waals surface area contributed by atoms with Gasteiger partial charge in [-0.1, -0.05) is 12.1 Å². The van der Waals surface area contributed by atoms with Crippen molar-refractivity contribution in [3.8, 4) is 28.4 Å². The Balaban J connectivity index is 1.86. The molecule has 0 unspecified atom stereocenters. The molecule has 31 heavy (non-hydrogen) atoms. The van der Waals surface area contributed by atoms with Crippen LogP contribution in [0.15, 0.2) is 42.5 Å². The van der Waals surface area contributed by atoms with Gasteiger partial charge in [0.25, 0.3) is 5.91 Å². The van der Waals surface area contributed by atoms with Gasteiger partial charge >= 0.3 is 0 Å². The molecule has 0 radical (unpaired) electrons. The van der Waals surface area contributed by atoms with E-state index in [4.69, 9.17) is 14.6 Å². The molecule has 6 nitrogen and oxygen atoms in total. The van der Waals surface area contributed by atoms with Crippen molar-refractivity contribution in [2.75, 3.05) is 27.3 Å². The molecule has 1 aromatic heterocycles. The third-order valence-electron chi connectivity index (χ3n) is 5.85. The van der Waals surface area contributed by atoms with E-state index in [0.717, 1.165) is 48.3 Å². The van der Waals surface area contributed by atoms with E-state index in [-0.39, 0.29) is 5.91 Å². The van der Waals surface area contributed by atoms with Crippen LogP contribution in [0.2, 0.25) is 0 Å². The molecule has 1 amide bonds. The molecule has 0 aliphatic carbocycles. The van der Waals surface area contributed by atoms with Crippen molar-refractivity contribution in [2.24, 2.45) is 0 Å². The molecule has 4 rings (SSSR count). The number of likely N-dealkylation sites (tertiary alicyclic amines) is 1. The van der Waals surface area contributed by atoms with Crippen molar-refractivity contribution in [1.29, 1.82) is 0 Å². The second-order valence-corrected chi connectivity index (χ2v) is 8.04. The minimum absolute atomic E-state index is 0.0202. The van der Waals surface area contributed by atoms with Gasteiger partial charge in [-0.2, -0.15) is 5.10 Å². The molecule has 0 spiro atoms. The van der Waals surface area contributed by atoms with Gasteiger partial charge < -0.3 is 14.4 Å². The van der Waals surface area contributed by atoms with Crippen LogP contribution in [-0.2, 0) is 0 Å². The fraction of sp³-hybridized carbons (Fsp3) is 0.360. The van der Waals surface area contributed by atoms with Crippen molar-refractivity contribution in [3.05, 3.63) is 59.3 Å². The first-order valence-corrected chi connectivity index (χ1v) is 10.7. The van der Waals surface area contributed by atoms with Crippen LogP contribution >= 0.6 is 0 Å². The molecule has 0 bridgehead atoms. The minimum Gasteiger partial charge on any atom is -0.497 e. The number of ether oxygens (including phenoxy) is 2. The first-order valence-electron chi connectivity index (χ1n) is 10.7. The second-order valence-electron chi connectivity index (χ2n) is 8.04. The Bertz CT molecular complexity index is 1100. The van der Waals surface area contributed by atoms with Gasteiger partial charge in [0.05, 0.1) is 25.6 Å². The average Bonchev–Trinajstić information content (AvgIpc) is 3.25. The molecule has 1 aliphatic heterocycles. The molecule has 0 saturated carbocycles. The number of benzene rings is 2. The SMILES string of the molecule is COc1ccc(-c2cc(C(=O)N3CCCCC3)n(-c3cc(C)ccc3C)n2)c(OC)c1. The lowest BCUT2D eigenvalue weighted by Crippen LogP contribution is -2.36. The molecule has 1 aliphatic rings. The standard InChI is InChI=1S/C25H29N3O3/c1-17-8-9-18(2)22(14-17)28-23(25(29)27-12-6-5-7-13-27)16-21(26-28)20-11-10-19(30-3)15-24(20)31-4/h8-11,14-16H,5-7,12-13H2,1-4H3. The molecule has 1 saturated heterocycles. The van der Waals surface area contributed by atoms with E-state index >= 15 is 0 Å². The van der Waals surface area contributed by atoms with Crippen molar-refractivity contribution in [3.63, 3.8) is 0 Å². The van der Waals surface area contributed by atoms with Gasteiger partial charge in [0.2, 0.25) is 0 Å². The molecule has 0 N–H and O–H groups in total. The van der Waals surface area contributed by atoms with Crippen molar-refractivity contribution in [1.82, 2.24) is 14.7 Å². The number of nitrogens with zero attached hydrogens (tertiary/aromatic N) is 3. The number of hydrogen-bond donors (Lipinski definition) is 0. The van der Waals surface area contributed by atoms with Gasteiger partial charge in [0.15, 0.2) is 0 Å². The van der Waals surface area contributed by atoms with E-state index in [1.54, 1.807) is 18.9 Å². The molecule has 2 aromatic carbocycles. The molecular formula is C25H29N3O3. The molecule has 2 heterocycles. The van der Waals surface area contributed by atoms with Crippen LogP contribution in [0.4, 0.5) is 0 Å². The highest BCUT2D eigenvalue weighted by Crippen LogP contribution is 2.34. The Labute approximate surface area is 183 Å². The van der Waals surface area contributed by atoms with Gasteiger partial charge in [-0.3, -0.25) is 4.79 Å². The van der Waals surface area contributed by atoms with Gasteiger partial charge in [-0.05, 0) is 68.5 Å². The average molecular weight is 420 g/mol. The number of carbonyl (C=O) groups is 1. The zero-order chi connectivity index (χ0) is 22.0. The smallest absolute Gasteiger partial charge is 0.272 e. The van der Waals surface area contributed by atoms with Crippen LogP contribution < -0.4 is 9.47 Å². The van der Waals surface area contributed by atoms with Crippen molar-refractivity contribution in [2.45, 2.75) is 33.1 Å². The van der Waals surface area contributed by atoms with E-state index in [9.17, 15) is 4.79 Å². The van der Waals surface area contributed by atoms with E-state index in [0.29, 0.717) is 22.9 Å². The Morgan fingerprint density at radius 1 is 0.935 bits per heavy atom. The monoisotopic (exact) mass is 419 g/mol. The summed E-state index contributed by atoms with van der Waals surface area (Å²) in [6.45, 7) is 5.67. The highest BCUT2D eigenvalue weighted by molar-refractivity contribution is 5.94. The highest BCUT2D eigenvalue weighted by Gasteiger charge is 2.25. The number of carbonyl (C=O) groups excluding carboxylic acids is 1. The first kappa shape index (κ1) is 21.0. The van der Waals surface area contributed by atoms with Crippen LogP contribution in [0.25, 0.3) is 16.9 Å². The summed E-state index contributed by atoms with van der Waals surface area (Å²) in [7, 11) is 3.25. The molecular weight excluding hydrogens is 390 g/mol. The summed E-state index contributed by atoms with van der Waals surface area (Å²) in [5.41, 5.74) is 5.19. The van der Waals surface area contributed by atoms with E-state index < -0.39 is 0 Å². The van der Waals surface area contributed by atoms with Crippen LogP contribution in [0.1, 0.15) is 40.9 Å². The predicted molar refractivity (Wildman–Crippen MR) is 121 cm³/mol. The van der Waals surface area contributed by atoms with Crippen LogP contribution in [0.5, 0.6) is 11.5 Å². The topological polar surface area (TPSA) is 56.6 Å². The highest BCUT2D eigenvalue weighted by atomic mass is 16.5. The minimum atomic E-state index is 0.0202. The molecule has 0 atom stereocenters. The second kappa shape index (κ2) is 8.84. The number of hydrogen-bond acceptors (Lipinski definition) is 4. The maximum atomic E-state index is 13.5. The quantitative estimate of drug-likeness (QED) is 0.596. The predicted octanol–water partition coefficient (Wildman–Crippen LogP) is 4.80. The van der Waals surface area contributed by atoms with Crippen molar-refractivity contribution < 1.29 is 14.3 Å². The molecule has 162 valence electrons. The van der Waals surface area contributed by atoms with Crippen LogP contribution in [-0.4, -0.2) is 47.9 Å². The molecule has 1 fully saturated rings. The van der Waals surface area contributed by atoms with Gasteiger partial charge in [-0.25, -0.2) is 4.68 Å². The van der Waals surface area contributed by atoms with Gasteiger partial charge in [-0.15, -0.1) is 0 Å².